The Morgan fingerprint density at radius 1 is 1.11 bits per heavy atom. The van der Waals surface area contributed by atoms with Gasteiger partial charge in [-0.05, 0) is 37.5 Å². The number of nitrogens with zero attached hydrogens (tertiary/aromatic N) is 5. The lowest BCUT2D eigenvalue weighted by Crippen LogP contribution is -2.40. The standard InChI is InChI=1S/C23H23N7O4S2/c1-23(5-6-23)27-36(33,34)19-8-17-20(31)29(13-15-9-25-28(2)11-15)22(32)30(21(17)35-19)12-14-3-4-16-10-24-26-18(16)7-14/h3-4,7-11,27H,5-6,12-13H2,1-2H3,(H,24,26). The third kappa shape index (κ3) is 3.98. The van der Waals surface area contributed by atoms with Crippen LogP contribution < -0.4 is 16.0 Å². The number of H-pyrrole nitrogens is 1. The van der Waals surface area contributed by atoms with Crippen molar-refractivity contribution in [2.75, 3.05) is 0 Å². The number of sulfonamides is 1. The number of aryl methyl sites for hydroxylation is 1. The van der Waals surface area contributed by atoms with Gasteiger partial charge in [0.2, 0.25) is 0 Å². The molecule has 36 heavy (non-hydrogen) atoms. The van der Waals surface area contributed by atoms with Gasteiger partial charge in [0.1, 0.15) is 9.04 Å². The van der Waals surface area contributed by atoms with Crippen LogP contribution in [0.15, 0.2) is 56.7 Å². The summed E-state index contributed by atoms with van der Waals surface area (Å²) in [6, 6.07) is 7.04. The molecule has 4 heterocycles. The Balaban J connectivity index is 1.53. The van der Waals surface area contributed by atoms with Crippen LogP contribution in [0.1, 0.15) is 30.9 Å². The number of hydrogen-bond donors (Lipinski definition) is 2. The van der Waals surface area contributed by atoms with Crippen LogP contribution in [0.2, 0.25) is 0 Å². The summed E-state index contributed by atoms with van der Waals surface area (Å²) >= 11 is 0.934. The van der Waals surface area contributed by atoms with E-state index in [1.165, 1.54) is 10.6 Å². The molecule has 11 nitrogen and oxygen atoms in total. The van der Waals surface area contributed by atoms with Crippen LogP contribution in [0.4, 0.5) is 0 Å². The van der Waals surface area contributed by atoms with Crippen molar-refractivity contribution in [3.8, 4) is 0 Å². The third-order valence-corrected chi connectivity index (χ3v) is 9.73. The molecule has 13 heteroatoms. The molecule has 0 saturated heterocycles. The van der Waals surface area contributed by atoms with E-state index in [0.29, 0.717) is 10.4 Å². The molecule has 1 aliphatic carbocycles. The van der Waals surface area contributed by atoms with E-state index in [-0.39, 0.29) is 22.7 Å². The molecule has 4 aromatic heterocycles. The number of benzene rings is 1. The van der Waals surface area contributed by atoms with Crippen molar-refractivity contribution in [2.45, 2.75) is 42.6 Å². The van der Waals surface area contributed by atoms with Gasteiger partial charge in [-0.25, -0.2) is 17.9 Å². The normalized spacial score (nSPS) is 15.2. The van der Waals surface area contributed by atoms with E-state index in [9.17, 15) is 18.0 Å². The Morgan fingerprint density at radius 2 is 1.89 bits per heavy atom. The fourth-order valence-electron chi connectivity index (χ4n) is 4.25. The van der Waals surface area contributed by atoms with Crippen LogP contribution in [0, 0.1) is 0 Å². The van der Waals surface area contributed by atoms with Gasteiger partial charge in [0.25, 0.3) is 15.6 Å². The fourth-order valence-corrected chi connectivity index (χ4v) is 7.16. The number of nitrogens with one attached hydrogen (secondary N) is 2. The number of fused-ring (bicyclic) bond motifs is 2. The first kappa shape index (κ1) is 22.9. The van der Waals surface area contributed by atoms with E-state index < -0.39 is 26.8 Å². The first-order valence-corrected chi connectivity index (χ1v) is 13.6. The highest BCUT2D eigenvalue weighted by Gasteiger charge is 2.41. The Morgan fingerprint density at radius 3 is 2.61 bits per heavy atom. The highest BCUT2D eigenvalue weighted by atomic mass is 32.2. The van der Waals surface area contributed by atoms with Gasteiger partial charge in [0, 0.05) is 29.7 Å². The monoisotopic (exact) mass is 525 g/mol. The van der Waals surface area contributed by atoms with Crippen LogP contribution in [0.3, 0.4) is 0 Å². The molecule has 0 unspecified atom stereocenters. The van der Waals surface area contributed by atoms with Crippen molar-refractivity contribution in [1.29, 1.82) is 0 Å². The molecule has 0 radical (unpaired) electrons. The number of aromatic amines is 1. The van der Waals surface area contributed by atoms with E-state index in [1.54, 1.807) is 30.3 Å². The summed E-state index contributed by atoms with van der Waals surface area (Å²) < 4.78 is 33.1. The van der Waals surface area contributed by atoms with Gasteiger partial charge < -0.3 is 0 Å². The Hall–Kier alpha value is -3.55. The highest BCUT2D eigenvalue weighted by Crippen LogP contribution is 2.37. The van der Waals surface area contributed by atoms with Crippen molar-refractivity contribution in [3.63, 3.8) is 0 Å². The number of thiophene rings is 1. The maximum Gasteiger partial charge on any atom is 0.332 e. The predicted octanol–water partition coefficient (Wildman–Crippen LogP) is 1.76. The maximum atomic E-state index is 13.7. The van der Waals surface area contributed by atoms with E-state index >= 15 is 0 Å². The molecular weight excluding hydrogens is 502 g/mol. The van der Waals surface area contributed by atoms with Crippen LogP contribution in [-0.4, -0.2) is 43.1 Å². The van der Waals surface area contributed by atoms with Crippen LogP contribution in [0.5, 0.6) is 0 Å². The van der Waals surface area contributed by atoms with Gasteiger partial charge >= 0.3 is 5.69 Å². The van der Waals surface area contributed by atoms with Crippen molar-refractivity contribution in [2.24, 2.45) is 7.05 Å². The molecule has 5 aromatic rings. The largest absolute Gasteiger partial charge is 0.332 e. The maximum absolute atomic E-state index is 13.7. The summed E-state index contributed by atoms with van der Waals surface area (Å²) in [5.41, 5.74) is 0.797. The van der Waals surface area contributed by atoms with E-state index in [0.717, 1.165) is 45.2 Å². The molecule has 6 rings (SSSR count). The minimum atomic E-state index is -3.85. The summed E-state index contributed by atoms with van der Waals surface area (Å²) in [5, 5.41) is 12.2. The molecule has 0 spiro atoms. The Bertz CT molecular complexity index is 1870. The second kappa shape index (κ2) is 7.98. The van der Waals surface area contributed by atoms with Gasteiger partial charge in [0.15, 0.2) is 0 Å². The van der Waals surface area contributed by atoms with Gasteiger partial charge in [0.05, 0.1) is 36.4 Å². The van der Waals surface area contributed by atoms with Gasteiger partial charge in [-0.15, -0.1) is 11.3 Å². The minimum Gasteiger partial charge on any atom is -0.280 e. The van der Waals surface area contributed by atoms with Crippen molar-refractivity contribution >= 4 is 42.5 Å². The number of hydrogen-bond acceptors (Lipinski definition) is 7. The van der Waals surface area contributed by atoms with E-state index in [2.05, 4.69) is 20.0 Å². The molecule has 0 aliphatic heterocycles. The summed E-state index contributed by atoms with van der Waals surface area (Å²) in [7, 11) is -2.10. The number of rotatable bonds is 7. The average Bonchev–Trinajstić information content (AvgIpc) is 3.25. The minimum absolute atomic E-state index is 0.0130. The lowest BCUT2D eigenvalue weighted by molar-refractivity contribution is 0.560. The molecule has 0 atom stereocenters. The van der Waals surface area contributed by atoms with Gasteiger partial charge in [-0.2, -0.15) is 10.2 Å². The lowest BCUT2D eigenvalue weighted by atomic mass is 10.1. The predicted molar refractivity (Wildman–Crippen MR) is 136 cm³/mol. The van der Waals surface area contributed by atoms with Gasteiger partial charge in [-0.1, -0.05) is 12.1 Å². The van der Waals surface area contributed by atoms with Crippen LogP contribution in [0.25, 0.3) is 21.1 Å². The van der Waals surface area contributed by atoms with Gasteiger partial charge in [-0.3, -0.25) is 23.7 Å². The lowest BCUT2D eigenvalue weighted by Gasteiger charge is -2.12. The average molecular weight is 526 g/mol. The quantitative estimate of drug-likeness (QED) is 0.332. The second-order valence-corrected chi connectivity index (χ2v) is 12.5. The molecule has 0 bridgehead atoms. The van der Waals surface area contributed by atoms with Crippen molar-refractivity contribution in [1.82, 2.24) is 33.8 Å². The summed E-state index contributed by atoms with van der Waals surface area (Å²) in [6.07, 6.45) is 6.56. The molecule has 0 amide bonds. The Labute approximate surface area is 209 Å². The summed E-state index contributed by atoms with van der Waals surface area (Å²) in [4.78, 5) is 27.4. The van der Waals surface area contributed by atoms with Crippen molar-refractivity contribution in [3.05, 3.63) is 74.8 Å². The molecular formula is C23H23N7O4S2. The first-order valence-electron chi connectivity index (χ1n) is 11.3. The first-order chi connectivity index (χ1) is 17.1. The molecule has 1 aliphatic rings. The zero-order chi connectivity index (χ0) is 25.2. The number of aromatic nitrogens is 6. The van der Waals surface area contributed by atoms with Crippen molar-refractivity contribution < 1.29 is 8.42 Å². The molecule has 1 fully saturated rings. The second-order valence-electron chi connectivity index (χ2n) is 9.52. The molecule has 2 N–H and O–H groups in total. The van der Waals surface area contributed by atoms with Crippen LogP contribution in [-0.2, 0) is 30.2 Å². The summed E-state index contributed by atoms with van der Waals surface area (Å²) in [6.45, 7) is 2.03. The zero-order valence-electron chi connectivity index (χ0n) is 19.6. The smallest absolute Gasteiger partial charge is 0.280 e. The SMILES string of the molecule is Cn1cc(Cn2c(=O)c3cc(S(=O)(=O)NC4(C)CC4)sc3n(Cc3ccc4cn[nH]c4c3)c2=O)cn1. The van der Waals surface area contributed by atoms with E-state index in [4.69, 9.17) is 0 Å². The molecule has 186 valence electrons. The third-order valence-electron chi connectivity index (χ3n) is 6.46. The molecule has 1 saturated carbocycles. The van der Waals surface area contributed by atoms with Crippen LogP contribution >= 0.6 is 11.3 Å². The summed E-state index contributed by atoms with van der Waals surface area (Å²) in [5.74, 6) is 0. The Kier molecular flexibility index (Phi) is 5.07. The molecule has 1 aromatic carbocycles. The highest BCUT2D eigenvalue weighted by molar-refractivity contribution is 7.91. The zero-order valence-corrected chi connectivity index (χ0v) is 21.2. The topological polar surface area (TPSA) is 137 Å². The van der Waals surface area contributed by atoms with E-state index in [1.807, 2.05) is 25.1 Å². The fraction of sp³-hybridized carbons (Fsp3) is 0.304.